The first-order valence-electron chi connectivity index (χ1n) is 5.64. The van der Waals surface area contributed by atoms with Crippen LogP contribution in [0, 0.1) is 6.92 Å². The molecule has 0 atom stereocenters. The molecule has 0 aromatic heterocycles. The van der Waals surface area contributed by atoms with Crippen molar-refractivity contribution in [3.05, 3.63) is 29.3 Å². The average Bonchev–Trinajstić information content (AvgIpc) is 2.26. The molecule has 0 heterocycles. The minimum Gasteiger partial charge on any atom is -0.399 e. The van der Waals surface area contributed by atoms with Gasteiger partial charge in [0, 0.05) is 32.4 Å². The molecule has 0 aliphatic carbocycles. The lowest BCUT2D eigenvalue weighted by Gasteiger charge is -2.19. The van der Waals surface area contributed by atoms with Crippen LogP contribution in [0.15, 0.2) is 18.2 Å². The summed E-state index contributed by atoms with van der Waals surface area (Å²) in [6.07, 6.45) is 0. The van der Waals surface area contributed by atoms with E-state index in [1.54, 1.807) is 39.3 Å². The highest BCUT2D eigenvalue weighted by atomic mass is 16.2. The van der Waals surface area contributed by atoms with Gasteiger partial charge in [0.1, 0.15) is 0 Å². The van der Waals surface area contributed by atoms with Crippen molar-refractivity contribution < 1.29 is 9.59 Å². The van der Waals surface area contributed by atoms with Gasteiger partial charge in [-0.05, 0) is 30.7 Å². The van der Waals surface area contributed by atoms with E-state index < -0.39 is 0 Å². The zero-order valence-corrected chi connectivity index (χ0v) is 11.2. The summed E-state index contributed by atoms with van der Waals surface area (Å²) in [5.74, 6) is -0.327. The molecule has 0 spiro atoms. The topological polar surface area (TPSA) is 66.6 Å². The normalized spacial score (nSPS) is 10.0. The molecule has 0 aliphatic rings. The number of likely N-dealkylation sites (N-methyl/N-ethyl adjacent to an activating group) is 2. The van der Waals surface area contributed by atoms with Crippen LogP contribution in [0.5, 0.6) is 0 Å². The second kappa shape index (κ2) is 5.53. The Balaban J connectivity index is 2.83. The Hall–Kier alpha value is -2.04. The first kappa shape index (κ1) is 14.0. The highest BCUT2D eigenvalue weighted by Crippen LogP contribution is 2.13. The van der Waals surface area contributed by atoms with Crippen LogP contribution in [0.1, 0.15) is 15.9 Å². The molecule has 98 valence electrons. The fraction of sp³-hybridized carbons (Fsp3) is 0.385. The summed E-state index contributed by atoms with van der Waals surface area (Å²) in [6, 6.07) is 5.17. The van der Waals surface area contributed by atoms with Crippen LogP contribution >= 0.6 is 0 Å². The number of carbonyl (C=O) groups is 2. The summed E-state index contributed by atoms with van der Waals surface area (Å²) < 4.78 is 0. The van der Waals surface area contributed by atoms with Crippen molar-refractivity contribution in [3.8, 4) is 0 Å². The fourth-order valence-corrected chi connectivity index (χ4v) is 1.57. The fourth-order valence-electron chi connectivity index (χ4n) is 1.57. The van der Waals surface area contributed by atoms with Gasteiger partial charge in [-0.1, -0.05) is 0 Å². The van der Waals surface area contributed by atoms with Crippen molar-refractivity contribution in [2.45, 2.75) is 6.92 Å². The predicted octanol–water partition coefficient (Wildman–Crippen LogP) is 0.737. The Labute approximate surface area is 107 Å². The Morgan fingerprint density at radius 3 is 2.28 bits per heavy atom. The highest BCUT2D eigenvalue weighted by molar-refractivity contribution is 5.97. The molecule has 1 rings (SSSR count). The number of rotatable bonds is 3. The number of nitrogens with zero attached hydrogens (tertiary/aromatic N) is 2. The molecule has 0 unspecified atom stereocenters. The van der Waals surface area contributed by atoms with Crippen LogP contribution in [-0.2, 0) is 4.79 Å². The zero-order valence-electron chi connectivity index (χ0n) is 11.2. The van der Waals surface area contributed by atoms with Gasteiger partial charge in [-0.15, -0.1) is 0 Å². The minimum absolute atomic E-state index is 0.0552. The third-order valence-corrected chi connectivity index (χ3v) is 2.56. The molecule has 0 radical (unpaired) electrons. The van der Waals surface area contributed by atoms with E-state index in [9.17, 15) is 9.59 Å². The standard InChI is InChI=1S/C13H19N3O2/c1-9-5-10(7-11(14)6-9)13(18)16(4)8-12(17)15(2)3/h5-7H,8,14H2,1-4H3. The zero-order chi connectivity index (χ0) is 13.9. The number of anilines is 1. The molecule has 2 N–H and O–H groups in total. The van der Waals surface area contributed by atoms with Gasteiger partial charge in [0.25, 0.3) is 5.91 Å². The van der Waals surface area contributed by atoms with E-state index >= 15 is 0 Å². The van der Waals surface area contributed by atoms with E-state index in [1.807, 2.05) is 6.92 Å². The van der Waals surface area contributed by atoms with Gasteiger partial charge in [0.05, 0.1) is 6.54 Å². The van der Waals surface area contributed by atoms with E-state index in [-0.39, 0.29) is 18.4 Å². The SMILES string of the molecule is Cc1cc(N)cc(C(=O)N(C)CC(=O)N(C)C)c1. The highest BCUT2D eigenvalue weighted by Gasteiger charge is 2.16. The molecular weight excluding hydrogens is 230 g/mol. The van der Waals surface area contributed by atoms with E-state index in [0.717, 1.165) is 5.56 Å². The Morgan fingerprint density at radius 1 is 1.17 bits per heavy atom. The van der Waals surface area contributed by atoms with Crippen LogP contribution < -0.4 is 5.73 Å². The lowest BCUT2D eigenvalue weighted by molar-refractivity contribution is -0.129. The summed E-state index contributed by atoms with van der Waals surface area (Å²) in [4.78, 5) is 26.5. The number of nitrogen functional groups attached to an aromatic ring is 1. The third kappa shape index (κ3) is 3.48. The van der Waals surface area contributed by atoms with Gasteiger partial charge >= 0.3 is 0 Å². The number of nitrogens with two attached hydrogens (primary N) is 1. The molecule has 0 fully saturated rings. The van der Waals surface area contributed by atoms with E-state index in [0.29, 0.717) is 11.3 Å². The Morgan fingerprint density at radius 2 is 1.78 bits per heavy atom. The summed E-state index contributed by atoms with van der Waals surface area (Å²) in [7, 11) is 4.92. The van der Waals surface area contributed by atoms with E-state index in [1.165, 1.54) is 9.80 Å². The molecule has 1 aromatic carbocycles. The molecule has 5 heteroatoms. The summed E-state index contributed by atoms with van der Waals surface area (Å²) >= 11 is 0. The molecule has 1 aromatic rings. The van der Waals surface area contributed by atoms with Gasteiger partial charge < -0.3 is 15.5 Å². The average molecular weight is 249 g/mol. The van der Waals surface area contributed by atoms with Crippen molar-refractivity contribution in [1.29, 1.82) is 0 Å². The van der Waals surface area contributed by atoms with Crippen LogP contribution in [0.2, 0.25) is 0 Å². The Kier molecular flexibility index (Phi) is 4.31. The first-order valence-corrected chi connectivity index (χ1v) is 5.64. The summed E-state index contributed by atoms with van der Waals surface area (Å²) in [5.41, 5.74) is 7.67. The maximum absolute atomic E-state index is 12.1. The molecule has 0 aliphatic heterocycles. The number of aryl methyl sites for hydroxylation is 1. The molecule has 5 nitrogen and oxygen atoms in total. The van der Waals surface area contributed by atoms with Crippen molar-refractivity contribution in [2.24, 2.45) is 0 Å². The van der Waals surface area contributed by atoms with Crippen LogP contribution in [-0.4, -0.2) is 49.3 Å². The van der Waals surface area contributed by atoms with Gasteiger partial charge in [0.2, 0.25) is 5.91 Å². The van der Waals surface area contributed by atoms with Crippen LogP contribution in [0.4, 0.5) is 5.69 Å². The third-order valence-electron chi connectivity index (χ3n) is 2.56. The molecule has 0 bridgehead atoms. The van der Waals surface area contributed by atoms with Crippen molar-refractivity contribution in [2.75, 3.05) is 33.4 Å². The predicted molar refractivity (Wildman–Crippen MR) is 71.2 cm³/mol. The lowest BCUT2D eigenvalue weighted by atomic mass is 10.1. The van der Waals surface area contributed by atoms with Crippen LogP contribution in [0.25, 0.3) is 0 Å². The monoisotopic (exact) mass is 249 g/mol. The van der Waals surface area contributed by atoms with Crippen molar-refractivity contribution >= 4 is 17.5 Å². The van der Waals surface area contributed by atoms with E-state index in [2.05, 4.69) is 0 Å². The number of amides is 2. The quantitative estimate of drug-likeness (QED) is 0.803. The Bertz CT molecular complexity index is 449. The van der Waals surface area contributed by atoms with Crippen molar-refractivity contribution in [1.82, 2.24) is 9.80 Å². The van der Waals surface area contributed by atoms with Crippen molar-refractivity contribution in [3.63, 3.8) is 0 Å². The number of hydrogen-bond donors (Lipinski definition) is 1. The molecule has 0 saturated carbocycles. The minimum atomic E-state index is -0.208. The van der Waals surface area contributed by atoms with Gasteiger partial charge in [-0.3, -0.25) is 9.59 Å². The molecular formula is C13H19N3O2. The number of hydrogen-bond acceptors (Lipinski definition) is 3. The number of carbonyl (C=O) groups excluding carboxylic acids is 2. The van der Waals surface area contributed by atoms with Gasteiger partial charge in [-0.25, -0.2) is 0 Å². The van der Waals surface area contributed by atoms with Gasteiger partial charge in [-0.2, -0.15) is 0 Å². The summed E-state index contributed by atoms with van der Waals surface area (Å²) in [6.45, 7) is 1.93. The molecule has 18 heavy (non-hydrogen) atoms. The first-order chi connectivity index (χ1) is 8.31. The smallest absolute Gasteiger partial charge is 0.254 e. The summed E-state index contributed by atoms with van der Waals surface area (Å²) in [5, 5.41) is 0. The largest absolute Gasteiger partial charge is 0.399 e. The molecule has 0 saturated heterocycles. The second-order valence-electron chi connectivity index (χ2n) is 4.58. The second-order valence-corrected chi connectivity index (χ2v) is 4.58. The number of benzene rings is 1. The van der Waals surface area contributed by atoms with Crippen LogP contribution in [0.3, 0.4) is 0 Å². The van der Waals surface area contributed by atoms with Gasteiger partial charge in [0.15, 0.2) is 0 Å². The molecule has 2 amide bonds. The van der Waals surface area contributed by atoms with E-state index in [4.69, 9.17) is 5.73 Å². The lowest BCUT2D eigenvalue weighted by Crippen LogP contribution is -2.37. The maximum Gasteiger partial charge on any atom is 0.254 e. The maximum atomic E-state index is 12.1.